The average Bonchev–Trinajstić information content (AvgIpc) is 3.21. The third kappa shape index (κ3) is 4.56. The van der Waals surface area contributed by atoms with Crippen molar-refractivity contribution in [2.75, 3.05) is 30.9 Å². The number of amides is 2. The fourth-order valence-corrected chi connectivity index (χ4v) is 3.67. The Labute approximate surface area is 185 Å². The SMILES string of the molecule is CNc1cc(C2CC(=O)N(c3ccc(F)cc3)C2)nc(CN(C)C(=O)c2ccccn2)n1. The molecular formula is C23H23FN6O2. The molecule has 9 heteroatoms. The number of pyridine rings is 1. The van der Waals surface area contributed by atoms with E-state index >= 15 is 0 Å². The lowest BCUT2D eigenvalue weighted by Crippen LogP contribution is -2.28. The molecule has 0 saturated carbocycles. The number of hydrogen-bond donors (Lipinski definition) is 1. The minimum absolute atomic E-state index is 0.0461. The Morgan fingerprint density at radius 2 is 2.00 bits per heavy atom. The van der Waals surface area contributed by atoms with Gasteiger partial charge in [-0.15, -0.1) is 0 Å². The highest BCUT2D eigenvalue weighted by molar-refractivity contribution is 5.96. The van der Waals surface area contributed by atoms with Gasteiger partial charge in [0.2, 0.25) is 5.91 Å². The molecule has 0 spiro atoms. The standard InChI is InChI=1S/C23H23FN6O2/c1-25-20-12-19(15-11-22(31)30(13-15)17-8-6-16(24)7-9-17)27-21(28-20)14-29(2)23(32)18-5-3-4-10-26-18/h3-10,12,15H,11,13-14H2,1-2H3,(H,25,27,28). The van der Waals surface area contributed by atoms with E-state index in [1.165, 1.54) is 17.0 Å². The molecule has 0 radical (unpaired) electrons. The zero-order valence-electron chi connectivity index (χ0n) is 17.8. The zero-order valence-corrected chi connectivity index (χ0v) is 17.8. The highest BCUT2D eigenvalue weighted by atomic mass is 19.1. The van der Waals surface area contributed by atoms with Gasteiger partial charge < -0.3 is 15.1 Å². The van der Waals surface area contributed by atoms with E-state index in [0.717, 1.165) is 5.69 Å². The maximum Gasteiger partial charge on any atom is 0.272 e. The number of rotatable bonds is 6. The second-order valence-corrected chi connectivity index (χ2v) is 7.60. The van der Waals surface area contributed by atoms with Crippen LogP contribution in [-0.2, 0) is 11.3 Å². The van der Waals surface area contributed by atoms with E-state index in [0.29, 0.717) is 36.0 Å². The summed E-state index contributed by atoms with van der Waals surface area (Å²) in [4.78, 5) is 41.6. The van der Waals surface area contributed by atoms with Crippen molar-refractivity contribution >= 4 is 23.3 Å². The number of carbonyl (C=O) groups excluding carboxylic acids is 2. The maximum atomic E-state index is 13.3. The Kier molecular flexibility index (Phi) is 6.07. The van der Waals surface area contributed by atoms with Crippen molar-refractivity contribution in [2.24, 2.45) is 0 Å². The Hall–Kier alpha value is -3.88. The van der Waals surface area contributed by atoms with Crippen molar-refractivity contribution in [3.63, 3.8) is 0 Å². The summed E-state index contributed by atoms with van der Waals surface area (Å²) in [6.07, 6.45) is 1.86. The zero-order chi connectivity index (χ0) is 22.7. The van der Waals surface area contributed by atoms with Gasteiger partial charge in [0.05, 0.1) is 12.2 Å². The molecule has 8 nitrogen and oxygen atoms in total. The topological polar surface area (TPSA) is 91.3 Å². The predicted octanol–water partition coefficient (Wildman–Crippen LogP) is 2.85. The first kappa shape index (κ1) is 21.4. The monoisotopic (exact) mass is 434 g/mol. The second-order valence-electron chi connectivity index (χ2n) is 7.60. The van der Waals surface area contributed by atoms with Gasteiger partial charge in [0.1, 0.15) is 23.2 Å². The maximum absolute atomic E-state index is 13.3. The van der Waals surface area contributed by atoms with Gasteiger partial charge in [-0.25, -0.2) is 14.4 Å². The van der Waals surface area contributed by atoms with Crippen LogP contribution in [0.5, 0.6) is 0 Å². The number of nitrogens with zero attached hydrogens (tertiary/aromatic N) is 5. The fraction of sp³-hybridized carbons (Fsp3) is 0.261. The van der Waals surface area contributed by atoms with Crippen LogP contribution in [0.15, 0.2) is 54.7 Å². The molecule has 1 fully saturated rings. The van der Waals surface area contributed by atoms with Crippen molar-refractivity contribution in [3.05, 3.63) is 77.8 Å². The van der Waals surface area contributed by atoms with Crippen LogP contribution in [0.2, 0.25) is 0 Å². The number of halogens is 1. The molecule has 1 aliphatic heterocycles. The third-order valence-electron chi connectivity index (χ3n) is 5.34. The predicted molar refractivity (Wildman–Crippen MR) is 118 cm³/mol. The van der Waals surface area contributed by atoms with Crippen molar-refractivity contribution in [2.45, 2.75) is 18.9 Å². The molecule has 1 saturated heterocycles. The van der Waals surface area contributed by atoms with Crippen LogP contribution < -0.4 is 10.2 Å². The molecule has 164 valence electrons. The van der Waals surface area contributed by atoms with E-state index in [2.05, 4.69) is 20.3 Å². The average molecular weight is 434 g/mol. The summed E-state index contributed by atoms with van der Waals surface area (Å²) in [7, 11) is 3.42. The van der Waals surface area contributed by atoms with Gasteiger partial charge >= 0.3 is 0 Å². The van der Waals surface area contributed by atoms with Crippen LogP contribution in [0.3, 0.4) is 0 Å². The molecule has 4 rings (SSSR count). The Balaban J connectivity index is 1.54. The summed E-state index contributed by atoms with van der Waals surface area (Å²) < 4.78 is 13.3. The summed E-state index contributed by atoms with van der Waals surface area (Å²) in [5, 5.41) is 3.02. The van der Waals surface area contributed by atoms with Gasteiger partial charge in [-0.1, -0.05) is 6.07 Å². The first-order chi connectivity index (χ1) is 15.4. The number of aromatic nitrogens is 3. The molecule has 0 aliphatic carbocycles. The van der Waals surface area contributed by atoms with Gasteiger partial charge in [0.15, 0.2) is 0 Å². The van der Waals surface area contributed by atoms with Gasteiger partial charge in [-0.2, -0.15) is 0 Å². The van der Waals surface area contributed by atoms with Crippen molar-refractivity contribution in [3.8, 4) is 0 Å². The highest BCUT2D eigenvalue weighted by Crippen LogP contribution is 2.31. The molecule has 3 heterocycles. The Morgan fingerprint density at radius 3 is 2.69 bits per heavy atom. The van der Waals surface area contributed by atoms with E-state index in [-0.39, 0.29) is 30.1 Å². The Morgan fingerprint density at radius 1 is 1.22 bits per heavy atom. The van der Waals surface area contributed by atoms with E-state index in [1.807, 2.05) is 6.07 Å². The fourth-order valence-electron chi connectivity index (χ4n) is 3.67. The third-order valence-corrected chi connectivity index (χ3v) is 5.34. The first-order valence-electron chi connectivity index (χ1n) is 10.2. The van der Waals surface area contributed by atoms with Crippen LogP contribution in [0, 0.1) is 5.82 Å². The summed E-state index contributed by atoms with van der Waals surface area (Å²) in [6.45, 7) is 0.632. The molecular weight excluding hydrogens is 411 g/mol. The van der Waals surface area contributed by atoms with Crippen LogP contribution in [0.1, 0.15) is 34.3 Å². The number of anilines is 2. The number of carbonyl (C=O) groups is 2. The summed E-state index contributed by atoms with van der Waals surface area (Å²) in [6, 6.07) is 12.9. The molecule has 1 N–H and O–H groups in total. The molecule has 0 bridgehead atoms. The van der Waals surface area contributed by atoms with Crippen molar-refractivity contribution in [1.29, 1.82) is 0 Å². The lowest BCUT2D eigenvalue weighted by Gasteiger charge is -2.19. The second kappa shape index (κ2) is 9.09. The molecule has 2 aromatic heterocycles. The lowest BCUT2D eigenvalue weighted by atomic mass is 10.0. The van der Waals surface area contributed by atoms with E-state index in [1.54, 1.807) is 55.5 Å². The molecule has 3 aromatic rings. The molecule has 2 amide bonds. The van der Waals surface area contributed by atoms with Gasteiger partial charge in [0, 0.05) is 50.9 Å². The largest absolute Gasteiger partial charge is 0.373 e. The van der Waals surface area contributed by atoms with Crippen LogP contribution in [0.25, 0.3) is 0 Å². The summed E-state index contributed by atoms with van der Waals surface area (Å²) in [5.41, 5.74) is 1.72. The minimum atomic E-state index is -0.347. The van der Waals surface area contributed by atoms with E-state index in [4.69, 9.17) is 0 Å². The summed E-state index contributed by atoms with van der Waals surface area (Å²) in [5.74, 6) is 0.306. The van der Waals surface area contributed by atoms with Gasteiger partial charge in [-0.05, 0) is 36.4 Å². The van der Waals surface area contributed by atoms with Crippen molar-refractivity contribution < 1.29 is 14.0 Å². The van der Waals surface area contributed by atoms with Crippen LogP contribution in [-0.4, -0.2) is 52.3 Å². The molecule has 1 unspecified atom stereocenters. The van der Waals surface area contributed by atoms with E-state index < -0.39 is 0 Å². The first-order valence-corrected chi connectivity index (χ1v) is 10.2. The molecule has 32 heavy (non-hydrogen) atoms. The number of hydrogen-bond acceptors (Lipinski definition) is 6. The minimum Gasteiger partial charge on any atom is -0.373 e. The van der Waals surface area contributed by atoms with Gasteiger partial charge in [0.25, 0.3) is 5.91 Å². The highest BCUT2D eigenvalue weighted by Gasteiger charge is 2.33. The lowest BCUT2D eigenvalue weighted by molar-refractivity contribution is -0.117. The van der Waals surface area contributed by atoms with Crippen LogP contribution >= 0.6 is 0 Å². The normalized spacial score (nSPS) is 15.7. The molecule has 1 atom stereocenters. The van der Waals surface area contributed by atoms with E-state index in [9.17, 15) is 14.0 Å². The number of benzene rings is 1. The smallest absolute Gasteiger partial charge is 0.272 e. The molecule has 1 aliphatic rings. The number of nitrogens with one attached hydrogen (secondary N) is 1. The van der Waals surface area contributed by atoms with Crippen LogP contribution in [0.4, 0.5) is 15.9 Å². The van der Waals surface area contributed by atoms with Gasteiger partial charge in [-0.3, -0.25) is 14.6 Å². The van der Waals surface area contributed by atoms with Crippen molar-refractivity contribution in [1.82, 2.24) is 19.9 Å². The summed E-state index contributed by atoms with van der Waals surface area (Å²) >= 11 is 0. The Bertz CT molecular complexity index is 1120. The molecule has 1 aromatic carbocycles. The quantitative estimate of drug-likeness (QED) is 0.642.